The molecule has 0 fully saturated rings. The number of hydrazone groups is 1. The molecule has 2 aromatic rings. The summed E-state index contributed by atoms with van der Waals surface area (Å²) in [6.45, 7) is 2.68. The van der Waals surface area contributed by atoms with Crippen molar-refractivity contribution < 1.29 is 19.2 Å². The molecule has 140 valence electrons. The maximum absolute atomic E-state index is 11.9. The molecule has 0 aromatic heterocycles. The van der Waals surface area contributed by atoms with E-state index < -0.39 is 17.4 Å². The van der Waals surface area contributed by atoms with Gasteiger partial charge < -0.3 is 10.1 Å². The molecule has 0 aliphatic rings. The zero-order chi connectivity index (χ0) is 19.8. The molecule has 9 heteroatoms. The van der Waals surface area contributed by atoms with Crippen molar-refractivity contribution in [3.8, 4) is 5.75 Å². The maximum Gasteiger partial charge on any atom is 0.310 e. The van der Waals surface area contributed by atoms with Crippen molar-refractivity contribution in [3.05, 3.63) is 64.2 Å². The number of nitrogens with zero attached hydrogens (tertiary/aromatic N) is 2. The van der Waals surface area contributed by atoms with Gasteiger partial charge in [0.05, 0.1) is 10.6 Å². The molecule has 0 saturated carbocycles. The molecule has 0 aliphatic carbocycles. The zero-order valence-corrected chi connectivity index (χ0v) is 14.8. The van der Waals surface area contributed by atoms with Crippen molar-refractivity contribution in [1.82, 2.24) is 5.43 Å². The highest BCUT2D eigenvalue weighted by atomic mass is 16.6. The van der Waals surface area contributed by atoms with Gasteiger partial charge in [-0.05, 0) is 30.7 Å². The minimum atomic E-state index is -0.586. The summed E-state index contributed by atoms with van der Waals surface area (Å²) in [5.74, 6) is -0.755. The number of carbonyl (C=O) groups excluding carboxylic acids is 2. The predicted molar refractivity (Wildman–Crippen MR) is 99.7 cm³/mol. The number of hydrogen-bond acceptors (Lipinski definition) is 6. The highest BCUT2D eigenvalue weighted by molar-refractivity contribution is 6.00. The quantitative estimate of drug-likeness (QED) is 0.440. The summed E-state index contributed by atoms with van der Waals surface area (Å²) >= 11 is 0. The van der Waals surface area contributed by atoms with E-state index in [1.165, 1.54) is 25.1 Å². The van der Waals surface area contributed by atoms with Crippen LogP contribution in [0.2, 0.25) is 0 Å². The van der Waals surface area contributed by atoms with E-state index in [0.717, 1.165) is 0 Å². The molecule has 0 radical (unpaired) electrons. The molecule has 9 nitrogen and oxygen atoms in total. The number of amides is 2. The number of anilines is 1. The highest BCUT2D eigenvalue weighted by Crippen LogP contribution is 2.25. The number of ether oxygens (including phenoxy) is 1. The topological polar surface area (TPSA) is 123 Å². The molecular formula is C18H18N4O5. The van der Waals surface area contributed by atoms with Crippen LogP contribution in [0.1, 0.15) is 19.4 Å². The normalized spacial score (nSPS) is 10.8. The van der Waals surface area contributed by atoms with E-state index in [-0.39, 0.29) is 17.3 Å². The Morgan fingerprint density at radius 2 is 1.89 bits per heavy atom. The van der Waals surface area contributed by atoms with Crippen LogP contribution in [0, 0.1) is 10.1 Å². The Labute approximate surface area is 155 Å². The van der Waals surface area contributed by atoms with E-state index in [9.17, 15) is 19.7 Å². The number of nitro groups is 1. The third-order valence-electron chi connectivity index (χ3n) is 3.37. The van der Waals surface area contributed by atoms with Crippen LogP contribution in [0.5, 0.6) is 5.75 Å². The SMILES string of the molecule is CC(=O)Nc1cccc(/C(C)=N\NC(=O)COc2ccccc2[N+](=O)[O-])c1. The van der Waals surface area contributed by atoms with Crippen LogP contribution in [0.15, 0.2) is 53.6 Å². The first-order chi connectivity index (χ1) is 12.9. The number of rotatable bonds is 7. The van der Waals surface area contributed by atoms with Gasteiger partial charge in [0, 0.05) is 18.7 Å². The lowest BCUT2D eigenvalue weighted by molar-refractivity contribution is -0.385. The zero-order valence-electron chi connectivity index (χ0n) is 14.8. The summed E-state index contributed by atoms with van der Waals surface area (Å²) in [4.78, 5) is 33.3. The van der Waals surface area contributed by atoms with E-state index >= 15 is 0 Å². The third kappa shape index (κ3) is 5.92. The summed E-state index contributed by atoms with van der Waals surface area (Å²) < 4.78 is 5.19. The Kier molecular flexibility index (Phi) is 6.59. The Balaban J connectivity index is 1.96. The van der Waals surface area contributed by atoms with Gasteiger partial charge in [-0.15, -0.1) is 0 Å². The van der Waals surface area contributed by atoms with Gasteiger partial charge in [-0.3, -0.25) is 19.7 Å². The molecule has 0 heterocycles. The second-order valence-electron chi connectivity index (χ2n) is 5.51. The molecule has 2 N–H and O–H groups in total. The Bertz CT molecular complexity index is 895. The van der Waals surface area contributed by atoms with Gasteiger partial charge in [-0.2, -0.15) is 5.10 Å². The van der Waals surface area contributed by atoms with Crippen molar-refractivity contribution in [2.24, 2.45) is 5.10 Å². The molecule has 2 amide bonds. The van der Waals surface area contributed by atoms with Crippen molar-refractivity contribution in [1.29, 1.82) is 0 Å². The van der Waals surface area contributed by atoms with Crippen LogP contribution >= 0.6 is 0 Å². The number of carbonyl (C=O) groups is 2. The molecule has 0 unspecified atom stereocenters. The van der Waals surface area contributed by atoms with Crippen LogP contribution in [0.3, 0.4) is 0 Å². The standard InChI is InChI=1S/C18H18N4O5/c1-12(14-6-5-7-15(10-14)19-13(2)23)20-21-18(24)11-27-17-9-4-3-8-16(17)22(25)26/h3-10H,11H2,1-2H3,(H,19,23)(H,21,24)/b20-12-. The Morgan fingerprint density at radius 1 is 1.15 bits per heavy atom. The minimum Gasteiger partial charge on any atom is -0.477 e. The summed E-state index contributed by atoms with van der Waals surface area (Å²) in [7, 11) is 0. The van der Waals surface area contributed by atoms with Gasteiger partial charge in [0.2, 0.25) is 5.91 Å². The first kappa shape index (κ1) is 19.6. The summed E-state index contributed by atoms with van der Waals surface area (Å²) in [5, 5.41) is 17.5. The number of nitro benzene ring substituents is 1. The van der Waals surface area contributed by atoms with Crippen LogP contribution in [-0.4, -0.2) is 29.1 Å². The van der Waals surface area contributed by atoms with Gasteiger partial charge >= 0.3 is 5.69 Å². The lowest BCUT2D eigenvalue weighted by Crippen LogP contribution is -2.25. The van der Waals surface area contributed by atoms with E-state index in [1.807, 2.05) is 0 Å². The fraction of sp³-hybridized carbons (Fsp3) is 0.167. The average molecular weight is 370 g/mol. The summed E-state index contributed by atoms with van der Waals surface area (Å²) in [5.41, 5.74) is 3.94. The fourth-order valence-corrected chi connectivity index (χ4v) is 2.14. The first-order valence-electron chi connectivity index (χ1n) is 7.94. The van der Waals surface area contributed by atoms with Crippen molar-refractivity contribution in [3.63, 3.8) is 0 Å². The second-order valence-corrected chi connectivity index (χ2v) is 5.51. The fourth-order valence-electron chi connectivity index (χ4n) is 2.14. The highest BCUT2D eigenvalue weighted by Gasteiger charge is 2.14. The Morgan fingerprint density at radius 3 is 2.59 bits per heavy atom. The predicted octanol–water partition coefficient (Wildman–Crippen LogP) is 2.47. The molecular weight excluding hydrogens is 352 g/mol. The maximum atomic E-state index is 11.9. The molecule has 0 bridgehead atoms. The number of hydrogen-bond donors (Lipinski definition) is 2. The van der Waals surface area contributed by atoms with Crippen LogP contribution < -0.4 is 15.5 Å². The molecule has 27 heavy (non-hydrogen) atoms. The molecule has 0 saturated heterocycles. The molecule has 0 aliphatic heterocycles. The van der Waals surface area contributed by atoms with E-state index in [2.05, 4.69) is 15.8 Å². The lowest BCUT2D eigenvalue weighted by Gasteiger charge is -2.07. The van der Waals surface area contributed by atoms with Gasteiger partial charge in [-0.25, -0.2) is 5.43 Å². The lowest BCUT2D eigenvalue weighted by atomic mass is 10.1. The summed E-state index contributed by atoms with van der Waals surface area (Å²) in [6, 6.07) is 12.8. The first-order valence-corrected chi connectivity index (χ1v) is 7.94. The van der Waals surface area contributed by atoms with Gasteiger partial charge in [0.25, 0.3) is 5.91 Å². The van der Waals surface area contributed by atoms with Gasteiger partial charge in [0.1, 0.15) is 0 Å². The number of benzene rings is 2. The third-order valence-corrected chi connectivity index (χ3v) is 3.37. The second kappa shape index (κ2) is 9.09. The number of nitrogens with one attached hydrogen (secondary N) is 2. The molecule has 2 rings (SSSR count). The van der Waals surface area contributed by atoms with Crippen molar-refractivity contribution in [2.75, 3.05) is 11.9 Å². The minimum absolute atomic E-state index is 0.00126. The monoisotopic (exact) mass is 370 g/mol. The number of para-hydroxylation sites is 2. The van der Waals surface area contributed by atoms with Crippen molar-refractivity contribution in [2.45, 2.75) is 13.8 Å². The van der Waals surface area contributed by atoms with E-state index in [4.69, 9.17) is 4.74 Å². The largest absolute Gasteiger partial charge is 0.477 e. The van der Waals surface area contributed by atoms with Crippen LogP contribution in [-0.2, 0) is 9.59 Å². The molecule has 0 spiro atoms. The summed E-state index contributed by atoms with van der Waals surface area (Å²) in [6.07, 6.45) is 0. The average Bonchev–Trinajstić information content (AvgIpc) is 2.64. The van der Waals surface area contributed by atoms with Crippen LogP contribution in [0.25, 0.3) is 0 Å². The van der Waals surface area contributed by atoms with Crippen molar-refractivity contribution >= 4 is 28.9 Å². The Hall–Kier alpha value is -3.75. The smallest absolute Gasteiger partial charge is 0.310 e. The van der Waals surface area contributed by atoms with Gasteiger partial charge in [0.15, 0.2) is 12.4 Å². The van der Waals surface area contributed by atoms with E-state index in [1.54, 1.807) is 37.3 Å². The van der Waals surface area contributed by atoms with Crippen LogP contribution in [0.4, 0.5) is 11.4 Å². The molecule has 2 aromatic carbocycles. The van der Waals surface area contributed by atoms with E-state index in [0.29, 0.717) is 17.0 Å². The molecule has 0 atom stereocenters. The van der Waals surface area contributed by atoms with Gasteiger partial charge in [-0.1, -0.05) is 24.3 Å².